The van der Waals surface area contributed by atoms with Crippen LogP contribution in [0.15, 0.2) is 33.8 Å². The lowest BCUT2D eigenvalue weighted by molar-refractivity contribution is -0.140. The lowest BCUT2D eigenvalue weighted by atomic mass is 9.91. The number of carbonyl (C=O) groups is 1. The van der Waals surface area contributed by atoms with E-state index in [2.05, 4.69) is 10.1 Å². The van der Waals surface area contributed by atoms with Gasteiger partial charge in [0.2, 0.25) is 5.91 Å². The molecule has 3 rings (SSSR count). The first-order valence-electron chi connectivity index (χ1n) is 8.62. The van der Waals surface area contributed by atoms with E-state index in [1.807, 2.05) is 25.7 Å². The Morgan fingerprint density at radius 3 is 2.48 bits per heavy atom. The average molecular weight is 344 g/mol. The predicted molar refractivity (Wildman–Crippen MR) is 92.8 cm³/mol. The van der Waals surface area contributed by atoms with Crippen LogP contribution < -0.4 is 5.76 Å². The topological polar surface area (TPSA) is 81.2 Å². The van der Waals surface area contributed by atoms with Gasteiger partial charge in [-0.3, -0.25) is 18.9 Å². The average Bonchev–Trinajstić information content (AvgIpc) is 2.96. The summed E-state index contributed by atoms with van der Waals surface area (Å²) in [6.45, 7) is 7.84. The summed E-state index contributed by atoms with van der Waals surface area (Å²) in [5, 5.41) is 3.91. The molecule has 0 aromatic carbocycles. The Bertz CT molecular complexity index is 781. The maximum absolute atomic E-state index is 12.4. The van der Waals surface area contributed by atoms with Gasteiger partial charge in [-0.15, -0.1) is 0 Å². The zero-order valence-electron chi connectivity index (χ0n) is 14.9. The fraction of sp³-hybridized carbons (Fsp3) is 0.556. The molecule has 7 heteroatoms. The fourth-order valence-electron chi connectivity index (χ4n) is 3.19. The molecule has 0 aliphatic carbocycles. The van der Waals surface area contributed by atoms with Crippen molar-refractivity contribution in [3.63, 3.8) is 0 Å². The van der Waals surface area contributed by atoms with Crippen LogP contribution in [0.2, 0.25) is 0 Å². The minimum absolute atomic E-state index is 0.186. The highest BCUT2D eigenvalue weighted by Crippen LogP contribution is 2.25. The number of carbonyl (C=O) groups excluding carboxylic acids is 1. The summed E-state index contributed by atoms with van der Waals surface area (Å²) in [4.78, 5) is 30.3. The highest BCUT2D eigenvalue weighted by molar-refractivity contribution is 5.81. The smallest absolute Gasteiger partial charge is 0.342 e. The first kappa shape index (κ1) is 17.4. The second-order valence-corrected chi connectivity index (χ2v) is 7.60. The van der Waals surface area contributed by atoms with E-state index in [1.165, 1.54) is 0 Å². The van der Waals surface area contributed by atoms with Crippen LogP contribution in [-0.4, -0.2) is 38.6 Å². The van der Waals surface area contributed by atoms with Crippen LogP contribution in [0.25, 0.3) is 11.4 Å². The van der Waals surface area contributed by atoms with E-state index < -0.39 is 5.76 Å². The van der Waals surface area contributed by atoms with Crippen LogP contribution in [0.4, 0.5) is 0 Å². The van der Waals surface area contributed by atoms with E-state index in [-0.39, 0.29) is 11.3 Å². The highest BCUT2D eigenvalue weighted by atomic mass is 16.5. The van der Waals surface area contributed by atoms with Crippen molar-refractivity contribution < 1.29 is 9.32 Å². The number of likely N-dealkylation sites (tertiary alicyclic amines) is 1. The van der Waals surface area contributed by atoms with Crippen molar-refractivity contribution in [3.05, 3.63) is 35.1 Å². The van der Waals surface area contributed by atoms with Crippen molar-refractivity contribution in [3.8, 4) is 11.4 Å². The van der Waals surface area contributed by atoms with Gasteiger partial charge in [-0.1, -0.05) is 25.9 Å². The molecule has 0 N–H and O–H groups in total. The summed E-state index contributed by atoms with van der Waals surface area (Å²) >= 11 is 0. The van der Waals surface area contributed by atoms with Gasteiger partial charge in [-0.2, -0.15) is 0 Å². The number of hydrogen-bond acceptors (Lipinski definition) is 5. The summed E-state index contributed by atoms with van der Waals surface area (Å²) in [6, 6.07) is 3.61. The summed E-state index contributed by atoms with van der Waals surface area (Å²) in [5.74, 6) is 0.591. The molecular weight excluding hydrogens is 320 g/mol. The third-order valence-electron chi connectivity index (χ3n) is 4.61. The molecule has 2 aromatic heterocycles. The quantitative estimate of drug-likeness (QED) is 0.852. The van der Waals surface area contributed by atoms with E-state index in [1.54, 1.807) is 29.1 Å². The Morgan fingerprint density at radius 2 is 1.88 bits per heavy atom. The third-order valence-corrected chi connectivity index (χ3v) is 4.61. The summed E-state index contributed by atoms with van der Waals surface area (Å²) in [7, 11) is 0. The second-order valence-electron chi connectivity index (χ2n) is 7.60. The van der Waals surface area contributed by atoms with Crippen molar-refractivity contribution in [2.45, 2.75) is 40.2 Å². The van der Waals surface area contributed by atoms with Gasteiger partial charge in [-0.25, -0.2) is 4.79 Å². The number of hydrogen-bond donors (Lipinski definition) is 0. The molecule has 0 bridgehead atoms. The number of aromatic nitrogens is 3. The maximum Gasteiger partial charge on any atom is 0.441 e. The van der Waals surface area contributed by atoms with E-state index in [0.717, 1.165) is 31.5 Å². The van der Waals surface area contributed by atoms with E-state index >= 15 is 0 Å². The number of piperidine rings is 1. The molecule has 1 aliphatic rings. The van der Waals surface area contributed by atoms with Crippen LogP contribution in [0, 0.1) is 11.3 Å². The summed E-state index contributed by atoms with van der Waals surface area (Å²) in [6.07, 6.45) is 5.06. The molecule has 25 heavy (non-hydrogen) atoms. The number of amides is 1. The van der Waals surface area contributed by atoms with Crippen LogP contribution in [0.3, 0.4) is 0 Å². The third kappa shape index (κ3) is 3.81. The van der Waals surface area contributed by atoms with Gasteiger partial charge >= 0.3 is 5.76 Å². The predicted octanol–water partition coefficient (Wildman–Crippen LogP) is 2.18. The molecule has 7 nitrogen and oxygen atoms in total. The van der Waals surface area contributed by atoms with Gasteiger partial charge in [-0.05, 0) is 30.9 Å². The Morgan fingerprint density at radius 1 is 1.24 bits per heavy atom. The minimum atomic E-state index is -0.444. The Balaban J connectivity index is 1.69. The Hall–Kier alpha value is -2.44. The standard InChI is InChI=1S/C18H24N4O3/c1-18(2,3)16(23)21-10-6-13(7-11-21)12-22-15(20-25-17(22)24)14-4-8-19-9-5-14/h4-5,8-9,13H,6-7,10-12H2,1-3H3. The summed E-state index contributed by atoms with van der Waals surface area (Å²) in [5.41, 5.74) is 0.452. The highest BCUT2D eigenvalue weighted by Gasteiger charge is 2.31. The lowest BCUT2D eigenvalue weighted by Crippen LogP contribution is -2.44. The molecule has 1 aliphatic heterocycles. The molecule has 1 amide bonds. The molecule has 0 saturated carbocycles. The molecule has 1 saturated heterocycles. The van der Waals surface area contributed by atoms with Gasteiger partial charge < -0.3 is 4.90 Å². The fourth-order valence-corrected chi connectivity index (χ4v) is 3.19. The van der Waals surface area contributed by atoms with Gasteiger partial charge in [0.05, 0.1) is 0 Å². The number of nitrogens with zero attached hydrogens (tertiary/aromatic N) is 4. The van der Waals surface area contributed by atoms with Crippen molar-refractivity contribution in [2.75, 3.05) is 13.1 Å². The maximum atomic E-state index is 12.4. The SMILES string of the molecule is CC(C)(C)C(=O)N1CCC(Cn2c(-c3ccncc3)noc2=O)CC1. The Kier molecular flexibility index (Phi) is 4.74. The van der Waals surface area contributed by atoms with E-state index in [4.69, 9.17) is 4.52 Å². The number of pyridine rings is 1. The molecular formula is C18H24N4O3. The van der Waals surface area contributed by atoms with Crippen LogP contribution in [0.1, 0.15) is 33.6 Å². The van der Waals surface area contributed by atoms with Crippen molar-refractivity contribution in [2.24, 2.45) is 11.3 Å². The second kappa shape index (κ2) is 6.82. The van der Waals surface area contributed by atoms with Gasteiger partial charge in [0.1, 0.15) is 0 Å². The first-order chi connectivity index (χ1) is 11.9. The molecule has 134 valence electrons. The molecule has 2 aromatic rings. The van der Waals surface area contributed by atoms with Crippen molar-refractivity contribution >= 4 is 5.91 Å². The molecule has 0 atom stereocenters. The normalized spacial score (nSPS) is 16.2. The lowest BCUT2D eigenvalue weighted by Gasteiger charge is -2.35. The molecule has 3 heterocycles. The van der Waals surface area contributed by atoms with Crippen LogP contribution >= 0.6 is 0 Å². The van der Waals surface area contributed by atoms with Crippen molar-refractivity contribution in [1.82, 2.24) is 19.6 Å². The number of rotatable bonds is 3. The zero-order chi connectivity index (χ0) is 18.0. The van der Waals surface area contributed by atoms with E-state index in [9.17, 15) is 9.59 Å². The molecule has 0 spiro atoms. The largest absolute Gasteiger partial charge is 0.441 e. The van der Waals surface area contributed by atoms with Gasteiger partial charge in [0, 0.05) is 43.0 Å². The summed E-state index contributed by atoms with van der Waals surface area (Å²) < 4.78 is 6.45. The van der Waals surface area contributed by atoms with Crippen LogP contribution in [0.5, 0.6) is 0 Å². The van der Waals surface area contributed by atoms with Gasteiger partial charge in [0.25, 0.3) is 0 Å². The zero-order valence-corrected chi connectivity index (χ0v) is 14.9. The van der Waals surface area contributed by atoms with Crippen LogP contribution in [-0.2, 0) is 11.3 Å². The molecule has 0 unspecified atom stereocenters. The first-order valence-corrected chi connectivity index (χ1v) is 8.62. The monoisotopic (exact) mass is 344 g/mol. The molecule has 1 fully saturated rings. The Labute approximate surface area is 146 Å². The van der Waals surface area contributed by atoms with E-state index in [0.29, 0.717) is 18.3 Å². The van der Waals surface area contributed by atoms with Gasteiger partial charge in [0.15, 0.2) is 5.82 Å². The minimum Gasteiger partial charge on any atom is -0.342 e. The molecule has 0 radical (unpaired) electrons. The van der Waals surface area contributed by atoms with Crippen molar-refractivity contribution in [1.29, 1.82) is 0 Å².